The molecular weight excluding hydrogens is 832 g/mol. The van der Waals surface area contributed by atoms with E-state index in [9.17, 15) is 13.0 Å². The van der Waals surface area contributed by atoms with E-state index >= 15 is 35.1 Å². The zero-order chi connectivity index (χ0) is 41.3. The van der Waals surface area contributed by atoms with Crippen molar-refractivity contribution in [3.63, 3.8) is 0 Å². The van der Waals surface area contributed by atoms with Crippen LogP contribution in [0.15, 0.2) is 89.8 Å². The van der Waals surface area contributed by atoms with Crippen molar-refractivity contribution in [2.45, 2.75) is 11.8 Å². The number of rotatable bonds is 11. The van der Waals surface area contributed by atoms with Gasteiger partial charge in [-0.25, -0.2) is 26.0 Å². The van der Waals surface area contributed by atoms with Crippen LogP contribution in [0.4, 0.5) is 35.1 Å². The normalized spacial score (nSPS) is 11.0. The van der Waals surface area contributed by atoms with E-state index in [1.807, 2.05) is 0 Å². The van der Waals surface area contributed by atoms with Crippen molar-refractivity contribution >= 4 is 10.1 Å². The third kappa shape index (κ3) is 8.95. The van der Waals surface area contributed by atoms with Gasteiger partial charge in [-0.3, -0.25) is 0 Å². The van der Waals surface area contributed by atoms with Crippen LogP contribution in [-0.4, -0.2) is 20.1 Å². The average molecular weight is 853 g/mol. The molecule has 0 saturated heterocycles. The van der Waals surface area contributed by atoms with E-state index in [-0.39, 0.29) is 74.2 Å². The monoisotopic (exact) mass is 852 g/mol. The van der Waals surface area contributed by atoms with E-state index < -0.39 is 95.7 Å². The van der Waals surface area contributed by atoms with Crippen LogP contribution < -0.4 is 75.1 Å². The van der Waals surface area contributed by atoms with E-state index in [1.54, 1.807) is 37.3 Å². The number of hydrogen-bond donors (Lipinski definition) is 0. The van der Waals surface area contributed by atoms with Gasteiger partial charge < -0.3 is 28.2 Å². The molecule has 18 heteroatoms. The van der Waals surface area contributed by atoms with Crippen LogP contribution in [0, 0.1) is 65.8 Å². The molecule has 292 valence electrons. The summed E-state index contributed by atoms with van der Waals surface area (Å²) in [6.45, 7) is 1.67. The zero-order valence-electron chi connectivity index (χ0n) is 29.9. The summed E-state index contributed by atoms with van der Waals surface area (Å²) in [6, 6.07) is 17.8. The van der Waals surface area contributed by atoms with Gasteiger partial charge in [0.15, 0.2) is 23.3 Å². The molecule has 0 aliphatic heterocycles. The van der Waals surface area contributed by atoms with Gasteiger partial charge in [-0.2, -0.15) is 17.6 Å². The minimum atomic E-state index is -5.59. The first kappa shape index (κ1) is 44.0. The number of aryl methyl sites for hydroxylation is 1. The fourth-order valence-electron chi connectivity index (χ4n) is 5.22. The molecule has 0 atom stereocenters. The van der Waals surface area contributed by atoms with Crippen molar-refractivity contribution in [3.05, 3.63) is 143 Å². The standard InChI is InChI=1S/C40H22F8O8S.K/c1-4-20-6-5-19(2)17-27(20)54-25-15-16-26(28(18-25)57(49,50)51)56-40-37(47)33(43)30(34(44)38(40)48)29-31(41)35(45)39(36(46)32(29)42)55-24-13-11-23(12-14-24)53-22-9-7-21(52-3)8-10-22;/h1,5-18H,2-3H3,(H,49,50,51);/q;+1/p-1. The minimum absolute atomic E-state index is 0. The molecule has 6 aromatic carbocycles. The fraction of sp³-hybridized carbons (Fsp3) is 0.0500. The average Bonchev–Trinajstić information content (AvgIpc) is 3.19. The van der Waals surface area contributed by atoms with Crippen LogP contribution >= 0.6 is 0 Å². The van der Waals surface area contributed by atoms with Gasteiger partial charge in [0.2, 0.25) is 34.8 Å². The van der Waals surface area contributed by atoms with Gasteiger partial charge >= 0.3 is 51.4 Å². The summed E-state index contributed by atoms with van der Waals surface area (Å²) >= 11 is 0. The maximum Gasteiger partial charge on any atom is 1.00 e. The van der Waals surface area contributed by atoms with E-state index in [0.717, 1.165) is 18.2 Å². The van der Waals surface area contributed by atoms with Crippen molar-refractivity contribution in [2.24, 2.45) is 0 Å². The van der Waals surface area contributed by atoms with Crippen LogP contribution in [0.5, 0.6) is 51.7 Å². The molecule has 6 rings (SSSR count). The predicted molar refractivity (Wildman–Crippen MR) is 185 cm³/mol. The van der Waals surface area contributed by atoms with Crippen LogP contribution in [0.25, 0.3) is 11.1 Å². The number of benzene rings is 6. The molecule has 8 nitrogen and oxygen atoms in total. The Balaban J connectivity index is 0.00000641. The first-order chi connectivity index (χ1) is 27.0. The van der Waals surface area contributed by atoms with Gasteiger partial charge in [0, 0.05) is 6.07 Å². The van der Waals surface area contributed by atoms with E-state index in [4.69, 9.17) is 30.1 Å². The maximum atomic E-state index is 15.4. The molecule has 0 spiro atoms. The number of hydrogen-bond acceptors (Lipinski definition) is 8. The summed E-state index contributed by atoms with van der Waals surface area (Å²) in [5.41, 5.74) is -3.60. The van der Waals surface area contributed by atoms with Crippen molar-refractivity contribution < 1.29 is 123 Å². The molecule has 0 aliphatic carbocycles. The summed E-state index contributed by atoms with van der Waals surface area (Å²) in [7, 11) is -4.12. The van der Waals surface area contributed by atoms with Gasteiger partial charge in [-0.1, -0.05) is 12.0 Å². The summed E-state index contributed by atoms with van der Waals surface area (Å²) < 4.78 is 185. The van der Waals surface area contributed by atoms with Crippen LogP contribution in [0.3, 0.4) is 0 Å². The molecular formula is C40H21F8KO8S. The smallest absolute Gasteiger partial charge is 0.744 e. The number of terminal acetylenes is 1. The molecule has 0 bridgehead atoms. The fourth-order valence-corrected chi connectivity index (χ4v) is 5.83. The third-order valence-corrected chi connectivity index (χ3v) is 8.81. The number of methoxy groups -OCH3 is 1. The van der Waals surface area contributed by atoms with Crippen molar-refractivity contribution in [2.75, 3.05) is 7.11 Å². The van der Waals surface area contributed by atoms with Gasteiger partial charge in [0.1, 0.15) is 55.3 Å². The Morgan fingerprint density at radius 1 is 0.534 bits per heavy atom. The second-order valence-corrected chi connectivity index (χ2v) is 13.0. The molecule has 0 fully saturated rings. The maximum absolute atomic E-state index is 15.4. The first-order valence-electron chi connectivity index (χ1n) is 15.9. The van der Waals surface area contributed by atoms with E-state index in [1.165, 1.54) is 31.4 Å². The quantitative estimate of drug-likeness (QED) is 0.0428. The van der Waals surface area contributed by atoms with Crippen LogP contribution in [0.2, 0.25) is 0 Å². The Hall–Kier alpha value is -5.13. The Bertz CT molecular complexity index is 2650. The molecule has 0 aliphatic rings. The zero-order valence-corrected chi connectivity index (χ0v) is 33.8. The largest absolute Gasteiger partial charge is 1.00 e. The molecule has 6 aromatic rings. The van der Waals surface area contributed by atoms with Crippen molar-refractivity contribution in [1.82, 2.24) is 0 Å². The Morgan fingerprint density at radius 3 is 1.41 bits per heavy atom. The van der Waals surface area contributed by atoms with Crippen LogP contribution in [-0.2, 0) is 10.1 Å². The number of halogens is 8. The summed E-state index contributed by atoms with van der Waals surface area (Å²) in [5.74, 6) is -22.3. The second kappa shape index (κ2) is 17.8. The topological polar surface area (TPSA) is 103 Å². The van der Waals surface area contributed by atoms with Gasteiger partial charge in [-0.05, 0) is 85.3 Å². The number of ether oxygens (including phenoxy) is 5. The third-order valence-electron chi connectivity index (χ3n) is 7.95. The van der Waals surface area contributed by atoms with Crippen molar-refractivity contribution in [1.29, 1.82) is 0 Å². The summed E-state index contributed by atoms with van der Waals surface area (Å²) in [5, 5.41) is 0. The molecule has 0 saturated carbocycles. The minimum Gasteiger partial charge on any atom is -0.744 e. The Morgan fingerprint density at radius 2 is 0.966 bits per heavy atom. The molecule has 58 heavy (non-hydrogen) atoms. The van der Waals surface area contributed by atoms with E-state index in [0.29, 0.717) is 29.2 Å². The van der Waals surface area contributed by atoms with Crippen molar-refractivity contribution in [3.8, 4) is 75.2 Å². The predicted octanol–water partition coefficient (Wildman–Crippen LogP) is 7.84. The molecule has 0 unspecified atom stereocenters. The molecule has 0 aromatic heterocycles. The van der Waals surface area contributed by atoms with Gasteiger partial charge in [0.25, 0.3) is 0 Å². The van der Waals surface area contributed by atoms with E-state index in [2.05, 4.69) is 5.92 Å². The Kier molecular flexibility index (Phi) is 13.5. The summed E-state index contributed by atoms with van der Waals surface area (Å²) in [6.07, 6.45) is 5.44. The SMILES string of the molecule is C#Cc1ccc(C)cc1Oc1ccc(Oc2c(F)c(F)c(-c3c(F)c(F)c(Oc4ccc(Oc5ccc(OC)cc5)cc4)c(F)c3F)c(F)c2F)c(S(=O)(=O)[O-])c1.[K+]. The second-order valence-electron chi connectivity index (χ2n) is 11.7. The molecule has 0 radical (unpaired) electrons. The first-order valence-corrected chi connectivity index (χ1v) is 17.3. The van der Waals surface area contributed by atoms with Crippen LogP contribution in [0.1, 0.15) is 11.1 Å². The Labute approximate surface area is 367 Å². The molecule has 0 N–H and O–H groups in total. The van der Waals surface area contributed by atoms with Gasteiger partial charge in [0.05, 0.1) is 23.8 Å². The molecule has 0 amide bonds. The molecule has 0 heterocycles. The summed E-state index contributed by atoms with van der Waals surface area (Å²) in [4.78, 5) is -1.34. The van der Waals surface area contributed by atoms with Gasteiger partial charge in [-0.15, -0.1) is 6.42 Å².